The van der Waals surface area contributed by atoms with E-state index in [-0.39, 0.29) is 5.82 Å². The van der Waals surface area contributed by atoms with Gasteiger partial charge in [-0.05, 0) is 24.3 Å². The van der Waals surface area contributed by atoms with E-state index in [4.69, 9.17) is 11.6 Å². The summed E-state index contributed by atoms with van der Waals surface area (Å²) in [6, 6.07) is 14.8. The molecule has 0 saturated heterocycles. The first-order valence-electron chi connectivity index (χ1n) is 6.08. The standard InChI is InChI=1S/C15H12ClFN2/c16-10-9-14-18-15-12(17)7-4-8-13(15)19(14)11-5-2-1-3-6-11/h1-8H,9-10H2. The van der Waals surface area contributed by atoms with Crippen LogP contribution in [0.1, 0.15) is 5.82 Å². The SMILES string of the molecule is Fc1cccc2c1nc(CCCl)n2-c1ccccc1. The van der Waals surface area contributed by atoms with E-state index < -0.39 is 0 Å². The van der Waals surface area contributed by atoms with E-state index in [2.05, 4.69) is 4.98 Å². The molecule has 0 fully saturated rings. The predicted molar refractivity (Wildman–Crippen MR) is 75.5 cm³/mol. The highest BCUT2D eigenvalue weighted by atomic mass is 35.5. The zero-order valence-electron chi connectivity index (χ0n) is 10.2. The summed E-state index contributed by atoms with van der Waals surface area (Å²) >= 11 is 5.82. The zero-order valence-corrected chi connectivity index (χ0v) is 10.9. The second kappa shape index (κ2) is 5.02. The van der Waals surface area contributed by atoms with Gasteiger partial charge in [0.15, 0.2) is 5.82 Å². The zero-order chi connectivity index (χ0) is 13.2. The van der Waals surface area contributed by atoms with Crippen LogP contribution in [0.25, 0.3) is 16.7 Å². The van der Waals surface area contributed by atoms with E-state index in [0.29, 0.717) is 17.8 Å². The van der Waals surface area contributed by atoms with Gasteiger partial charge in [0.05, 0.1) is 5.52 Å². The van der Waals surface area contributed by atoms with Crippen molar-refractivity contribution in [1.82, 2.24) is 9.55 Å². The highest BCUT2D eigenvalue weighted by Crippen LogP contribution is 2.23. The fourth-order valence-corrected chi connectivity index (χ4v) is 2.40. The van der Waals surface area contributed by atoms with E-state index in [9.17, 15) is 4.39 Å². The van der Waals surface area contributed by atoms with Crippen LogP contribution in [-0.2, 0) is 6.42 Å². The molecule has 0 aliphatic carbocycles. The van der Waals surface area contributed by atoms with Crippen molar-refractivity contribution in [2.24, 2.45) is 0 Å². The van der Waals surface area contributed by atoms with Crippen molar-refractivity contribution in [1.29, 1.82) is 0 Å². The molecule has 0 aliphatic rings. The molecule has 2 nitrogen and oxygen atoms in total. The normalized spacial score (nSPS) is 11.1. The molecular weight excluding hydrogens is 263 g/mol. The number of para-hydroxylation sites is 2. The highest BCUT2D eigenvalue weighted by Gasteiger charge is 2.14. The summed E-state index contributed by atoms with van der Waals surface area (Å²) in [6.45, 7) is 0. The number of hydrogen-bond acceptors (Lipinski definition) is 1. The van der Waals surface area contributed by atoms with Gasteiger partial charge in [0.1, 0.15) is 11.3 Å². The largest absolute Gasteiger partial charge is 0.296 e. The Balaban J connectivity index is 2.32. The second-order valence-corrected chi connectivity index (χ2v) is 4.62. The molecule has 0 N–H and O–H groups in total. The molecule has 0 saturated carbocycles. The molecule has 96 valence electrons. The highest BCUT2D eigenvalue weighted by molar-refractivity contribution is 6.17. The number of rotatable bonds is 3. The number of aromatic nitrogens is 2. The lowest BCUT2D eigenvalue weighted by Crippen LogP contribution is -2.01. The Morgan fingerprint density at radius 3 is 2.58 bits per heavy atom. The van der Waals surface area contributed by atoms with Crippen LogP contribution in [0, 0.1) is 5.82 Å². The Morgan fingerprint density at radius 1 is 1.05 bits per heavy atom. The molecule has 3 aromatic rings. The lowest BCUT2D eigenvalue weighted by Gasteiger charge is -2.08. The van der Waals surface area contributed by atoms with Gasteiger partial charge in [-0.15, -0.1) is 11.6 Å². The van der Waals surface area contributed by atoms with Crippen molar-refractivity contribution in [3.8, 4) is 5.69 Å². The van der Waals surface area contributed by atoms with Crippen LogP contribution in [0.3, 0.4) is 0 Å². The minimum atomic E-state index is -0.303. The maximum atomic E-state index is 13.8. The smallest absolute Gasteiger partial charge is 0.151 e. The maximum absolute atomic E-state index is 13.8. The van der Waals surface area contributed by atoms with Crippen molar-refractivity contribution < 1.29 is 4.39 Å². The molecule has 1 heterocycles. The number of alkyl halides is 1. The molecule has 2 aromatic carbocycles. The molecule has 0 aliphatic heterocycles. The summed E-state index contributed by atoms with van der Waals surface area (Å²) in [5.41, 5.74) is 2.13. The molecule has 0 unspecified atom stereocenters. The van der Waals surface area contributed by atoms with E-state index in [1.165, 1.54) is 6.07 Å². The quantitative estimate of drug-likeness (QED) is 0.662. The minimum absolute atomic E-state index is 0.303. The first-order valence-corrected chi connectivity index (χ1v) is 6.62. The minimum Gasteiger partial charge on any atom is -0.296 e. The molecule has 4 heteroatoms. The van der Waals surface area contributed by atoms with Crippen molar-refractivity contribution in [2.75, 3.05) is 5.88 Å². The van der Waals surface area contributed by atoms with Crippen LogP contribution < -0.4 is 0 Å². The third kappa shape index (κ3) is 2.10. The van der Waals surface area contributed by atoms with E-state index in [1.54, 1.807) is 6.07 Å². The van der Waals surface area contributed by atoms with Gasteiger partial charge < -0.3 is 0 Å². The van der Waals surface area contributed by atoms with E-state index in [1.807, 2.05) is 41.0 Å². The van der Waals surface area contributed by atoms with E-state index >= 15 is 0 Å². The third-order valence-electron chi connectivity index (χ3n) is 3.04. The van der Waals surface area contributed by atoms with Gasteiger partial charge >= 0.3 is 0 Å². The van der Waals surface area contributed by atoms with Crippen molar-refractivity contribution >= 4 is 22.6 Å². The number of fused-ring (bicyclic) bond motifs is 1. The summed E-state index contributed by atoms with van der Waals surface area (Å²) in [4.78, 5) is 4.38. The predicted octanol–water partition coefficient (Wildman–Crippen LogP) is 3.95. The topological polar surface area (TPSA) is 17.8 Å². The third-order valence-corrected chi connectivity index (χ3v) is 3.23. The summed E-state index contributed by atoms with van der Waals surface area (Å²) in [5.74, 6) is 0.932. The molecule has 0 bridgehead atoms. The number of halogens is 2. The molecule has 0 amide bonds. The fourth-order valence-electron chi connectivity index (χ4n) is 2.23. The molecule has 0 spiro atoms. The Labute approximate surface area is 115 Å². The van der Waals surface area contributed by atoms with Crippen LogP contribution in [-0.4, -0.2) is 15.4 Å². The van der Waals surface area contributed by atoms with Crippen LogP contribution in [0.2, 0.25) is 0 Å². The van der Waals surface area contributed by atoms with Crippen LogP contribution in [0.4, 0.5) is 4.39 Å². The van der Waals surface area contributed by atoms with Crippen molar-refractivity contribution in [3.63, 3.8) is 0 Å². The van der Waals surface area contributed by atoms with Crippen LogP contribution >= 0.6 is 11.6 Å². The first kappa shape index (κ1) is 12.2. The number of hydrogen-bond donors (Lipinski definition) is 0. The molecular formula is C15H12ClFN2. The molecule has 3 rings (SSSR count). The summed E-state index contributed by atoms with van der Waals surface area (Å²) in [6.07, 6.45) is 0.602. The van der Waals surface area contributed by atoms with Crippen molar-refractivity contribution in [3.05, 3.63) is 60.2 Å². The van der Waals surface area contributed by atoms with Gasteiger partial charge in [0.2, 0.25) is 0 Å². The number of aryl methyl sites for hydroxylation is 1. The Bertz CT molecular complexity index is 707. The Kier molecular flexibility index (Phi) is 3.22. The van der Waals surface area contributed by atoms with Crippen LogP contribution in [0.5, 0.6) is 0 Å². The van der Waals surface area contributed by atoms with Crippen molar-refractivity contribution in [2.45, 2.75) is 6.42 Å². The molecule has 19 heavy (non-hydrogen) atoms. The van der Waals surface area contributed by atoms with Gasteiger partial charge in [-0.2, -0.15) is 0 Å². The number of imidazole rings is 1. The van der Waals surface area contributed by atoms with E-state index in [0.717, 1.165) is 17.0 Å². The Hall–Kier alpha value is -1.87. The van der Waals surface area contributed by atoms with Crippen LogP contribution in [0.15, 0.2) is 48.5 Å². The Morgan fingerprint density at radius 2 is 1.84 bits per heavy atom. The van der Waals surface area contributed by atoms with Gasteiger partial charge in [0, 0.05) is 18.0 Å². The second-order valence-electron chi connectivity index (χ2n) is 4.25. The lowest BCUT2D eigenvalue weighted by atomic mass is 10.2. The fraction of sp³-hybridized carbons (Fsp3) is 0.133. The summed E-state index contributed by atoms with van der Waals surface area (Å²) in [7, 11) is 0. The maximum Gasteiger partial charge on any atom is 0.151 e. The molecule has 1 aromatic heterocycles. The monoisotopic (exact) mass is 274 g/mol. The molecule has 0 atom stereocenters. The summed E-state index contributed by atoms with van der Waals surface area (Å²) in [5, 5.41) is 0. The average molecular weight is 275 g/mol. The van der Waals surface area contributed by atoms with Gasteiger partial charge in [0.25, 0.3) is 0 Å². The lowest BCUT2D eigenvalue weighted by molar-refractivity contribution is 0.637. The molecule has 0 radical (unpaired) electrons. The average Bonchev–Trinajstić information content (AvgIpc) is 2.80. The number of benzene rings is 2. The summed E-state index contributed by atoms with van der Waals surface area (Å²) < 4.78 is 15.8. The number of nitrogens with zero attached hydrogens (tertiary/aromatic N) is 2. The van der Waals surface area contributed by atoms with Gasteiger partial charge in [-0.3, -0.25) is 4.57 Å². The van der Waals surface area contributed by atoms with Gasteiger partial charge in [-0.25, -0.2) is 9.37 Å². The first-order chi connectivity index (χ1) is 9.31. The van der Waals surface area contributed by atoms with Gasteiger partial charge in [-0.1, -0.05) is 24.3 Å².